The molecule has 2 aliphatic rings. The zero-order valence-electron chi connectivity index (χ0n) is 10.9. The van der Waals surface area contributed by atoms with Crippen LogP contribution >= 0.6 is 0 Å². The Hall–Kier alpha value is -1.55. The molecule has 0 bridgehead atoms. The van der Waals surface area contributed by atoms with Gasteiger partial charge in [0.2, 0.25) is 5.91 Å². The Morgan fingerprint density at radius 1 is 1.44 bits per heavy atom. The zero-order valence-corrected chi connectivity index (χ0v) is 10.9. The average molecular weight is 245 g/mol. The molecule has 4 nitrogen and oxygen atoms in total. The molecule has 1 unspecified atom stereocenters. The Kier molecular flexibility index (Phi) is 2.74. The van der Waals surface area contributed by atoms with Gasteiger partial charge in [0.15, 0.2) is 0 Å². The van der Waals surface area contributed by atoms with Gasteiger partial charge in [0.1, 0.15) is 0 Å². The van der Waals surface area contributed by atoms with E-state index in [2.05, 4.69) is 36.2 Å². The van der Waals surface area contributed by atoms with Crippen LogP contribution in [0, 0.1) is 6.92 Å². The molecule has 18 heavy (non-hydrogen) atoms. The van der Waals surface area contributed by atoms with E-state index in [1.54, 1.807) is 0 Å². The summed E-state index contributed by atoms with van der Waals surface area (Å²) in [6.07, 6.45) is 0. The van der Waals surface area contributed by atoms with Gasteiger partial charge in [0.25, 0.3) is 0 Å². The third-order valence-corrected chi connectivity index (χ3v) is 3.90. The van der Waals surface area contributed by atoms with Gasteiger partial charge in [-0.3, -0.25) is 4.79 Å². The van der Waals surface area contributed by atoms with Gasteiger partial charge in [0, 0.05) is 19.6 Å². The van der Waals surface area contributed by atoms with Crippen molar-refractivity contribution in [1.82, 2.24) is 5.32 Å². The topological polar surface area (TPSA) is 35.6 Å². The molecule has 1 aromatic rings. The van der Waals surface area contributed by atoms with Crippen LogP contribution in [0.15, 0.2) is 18.2 Å². The average Bonchev–Trinajstić information content (AvgIpc) is 2.38. The maximum atomic E-state index is 12.1. The van der Waals surface area contributed by atoms with Gasteiger partial charge in [-0.15, -0.1) is 0 Å². The number of rotatable bonds is 1. The largest absolute Gasteiger partial charge is 0.368 e. The molecule has 0 spiro atoms. The minimum atomic E-state index is 0.189. The molecule has 1 amide bonds. The summed E-state index contributed by atoms with van der Waals surface area (Å²) in [7, 11) is 0. The third-order valence-electron chi connectivity index (χ3n) is 3.90. The van der Waals surface area contributed by atoms with Crippen LogP contribution in [-0.4, -0.2) is 38.1 Å². The van der Waals surface area contributed by atoms with Crippen molar-refractivity contribution in [3.05, 3.63) is 23.8 Å². The molecule has 2 heterocycles. The molecule has 4 heteroatoms. The van der Waals surface area contributed by atoms with Crippen LogP contribution < -0.4 is 15.1 Å². The van der Waals surface area contributed by atoms with Crippen LogP contribution in [0.2, 0.25) is 0 Å². The number of para-hydroxylation sites is 1. The molecule has 3 rings (SSSR count). The van der Waals surface area contributed by atoms with Crippen molar-refractivity contribution in [1.29, 1.82) is 0 Å². The molecule has 96 valence electrons. The first-order valence-corrected chi connectivity index (χ1v) is 6.59. The summed E-state index contributed by atoms with van der Waals surface area (Å²) < 4.78 is 0. The Morgan fingerprint density at radius 3 is 3.06 bits per heavy atom. The molecule has 1 saturated heterocycles. The highest BCUT2D eigenvalue weighted by atomic mass is 16.2. The molecule has 1 N–H and O–H groups in total. The SMILES string of the molecule is CCN1CC2CNCC(=O)N2c2cccc(C)c21. The van der Waals surface area contributed by atoms with Crippen molar-refractivity contribution < 1.29 is 4.79 Å². The number of likely N-dealkylation sites (N-methyl/N-ethyl adjacent to an activating group) is 1. The Balaban J connectivity index is 2.13. The first kappa shape index (κ1) is 11.5. The van der Waals surface area contributed by atoms with Crippen LogP contribution in [0.4, 0.5) is 11.4 Å². The lowest BCUT2D eigenvalue weighted by molar-refractivity contribution is -0.119. The minimum Gasteiger partial charge on any atom is -0.368 e. The fourth-order valence-electron chi connectivity index (χ4n) is 3.09. The van der Waals surface area contributed by atoms with E-state index in [0.717, 1.165) is 25.3 Å². The number of carbonyl (C=O) groups is 1. The number of carbonyl (C=O) groups excluding carboxylic acids is 1. The standard InChI is InChI=1S/C14H19N3O/c1-3-16-9-11-7-15-8-13(18)17(11)12-6-4-5-10(2)14(12)16/h4-6,11,15H,3,7-9H2,1-2H3. The fraction of sp³-hybridized carbons (Fsp3) is 0.500. The molecule has 2 aliphatic heterocycles. The van der Waals surface area contributed by atoms with E-state index in [0.29, 0.717) is 6.54 Å². The number of nitrogens with one attached hydrogen (secondary N) is 1. The number of benzene rings is 1. The Morgan fingerprint density at radius 2 is 2.28 bits per heavy atom. The van der Waals surface area contributed by atoms with Crippen molar-refractivity contribution in [2.75, 3.05) is 36.0 Å². The Bertz CT molecular complexity index is 486. The van der Waals surface area contributed by atoms with Crippen LogP contribution in [0.1, 0.15) is 12.5 Å². The highest BCUT2D eigenvalue weighted by molar-refractivity contribution is 6.01. The quantitative estimate of drug-likeness (QED) is 0.806. The van der Waals surface area contributed by atoms with E-state index in [9.17, 15) is 4.79 Å². The van der Waals surface area contributed by atoms with E-state index in [-0.39, 0.29) is 11.9 Å². The highest BCUT2D eigenvalue weighted by Crippen LogP contribution is 2.38. The number of aryl methyl sites for hydroxylation is 1. The first-order chi connectivity index (χ1) is 8.72. The predicted molar refractivity (Wildman–Crippen MR) is 73.2 cm³/mol. The summed E-state index contributed by atoms with van der Waals surface area (Å²) in [5.41, 5.74) is 3.56. The summed E-state index contributed by atoms with van der Waals surface area (Å²) in [6.45, 7) is 7.54. The maximum absolute atomic E-state index is 12.1. The lowest BCUT2D eigenvalue weighted by atomic mass is 10.0. The minimum absolute atomic E-state index is 0.189. The van der Waals surface area contributed by atoms with Gasteiger partial charge in [0.05, 0.1) is 24.0 Å². The molecule has 1 aromatic carbocycles. The summed E-state index contributed by atoms with van der Waals surface area (Å²) in [5, 5.41) is 3.21. The van der Waals surface area contributed by atoms with Crippen molar-refractivity contribution in [2.24, 2.45) is 0 Å². The third kappa shape index (κ3) is 1.60. The van der Waals surface area contributed by atoms with Crippen molar-refractivity contribution in [2.45, 2.75) is 19.9 Å². The highest BCUT2D eigenvalue weighted by Gasteiger charge is 2.36. The second-order valence-electron chi connectivity index (χ2n) is 5.03. The first-order valence-electron chi connectivity index (χ1n) is 6.59. The molecule has 1 atom stereocenters. The van der Waals surface area contributed by atoms with Gasteiger partial charge in [-0.1, -0.05) is 12.1 Å². The summed E-state index contributed by atoms with van der Waals surface area (Å²) >= 11 is 0. The van der Waals surface area contributed by atoms with Gasteiger partial charge in [-0.05, 0) is 25.5 Å². The van der Waals surface area contributed by atoms with Crippen molar-refractivity contribution in [3.8, 4) is 0 Å². The fourth-order valence-corrected chi connectivity index (χ4v) is 3.09. The molecular formula is C14H19N3O. The smallest absolute Gasteiger partial charge is 0.241 e. The molecule has 1 fully saturated rings. The number of hydrogen-bond donors (Lipinski definition) is 1. The summed E-state index contributed by atoms with van der Waals surface area (Å²) in [4.78, 5) is 16.5. The molecule has 0 aromatic heterocycles. The lowest BCUT2D eigenvalue weighted by Crippen LogP contribution is -2.61. The maximum Gasteiger partial charge on any atom is 0.241 e. The van der Waals surface area contributed by atoms with Crippen LogP contribution in [-0.2, 0) is 4.79 Å². The van der Waals surface area contributed by atoms with E-state index >= 15 is 0 Å². The summed E-state index contributed by atoms with van der Waals surface area (Å²) in [6, 6.07) is 6.50. The number of amides is 1. The molecule has 0 aliphatic carbocycles. The molecule has 0 saturated carbocycles. The van der Waals surface area contributed by atoms with Crippen LogP contribution in [0.3, 0.4) is 0 Å². The monoisotopic (exact) mass is 245 g/mol. The van der Waals surface area contributed by atoms with Crippen LogP contribution in [0.25, 0.3) is 0 Å². The van der Waals surface area contributed by atoms with Gasteiger partial charge >= 0.3 is 0 Å². The van der Waals surface area contributed by atoms with E-state index in [1.807, 2.05) is 11.0 Å². The Labute approximate surface area is 108 Å². The van der Waals surface area contributed by atoms with E-state index in [1.165, 1.54) is 11.3 Å². The number of piperazine rings is 1. The summed E-state index contributed by atoms with van der Waals surface area (Å²) in [5.74, 6) is 0.189. The van der Waals surface area contributed by atoms with E-state index < -0.39 is 0 Å². The molecular weight excluding hydrogens is 226 g/mol. The lowest BCUT2D eigenvalue weighted by Gasteiger charge is -2.46. The van der Waals surface area contributed by atoms with Crippen molar-refractivity contribution >= 4 is 17.3 Å². The normalized spacial score (nSPS) is 22.8. The predicted octanol–water partition coefficient (Wildman–Crippen LogP) is 1.14. The molecule has 0 radical (unpaired) electrons. The van der Waals surface area contributed by atoms with Gasteiger partial charge in [-0.2, -0.15) is 0 Å². The van der Waals surface area contributed by atoms with E-state index in [4.69, 9.17) is 0 Å². The van der Waals surface area contributed by atoms with Crippen molar-refractivity contribution in [3.63, 3.8) is 0 Å². The van der Waals surface area contributed by atoms with Crippen LogP contribution in [0.5, 0.6) is 0 Å². The number of nitrogens with zero attached hydrogens (tertiary/aromatic N) is 2. The van der Waals surface area contributed by atoms with Gasteiger partial charge in [-0.25, -0.2) is 0 Å². The zero-order chi connectivity index (χ0) is 12.7. The number of fused-ring (bicyclic) bond motifs is 3. The van der Waals surface area contributed by atoms with Gasteiger partial charge < -0.3 is 15.1 Å². The second-order valence-corrected chi connectivity index (χ2v) is 5.03. The second kappa shape index (κ2) is 4.28. The number of hydrogen-bond acceptors (Lipinski definition) is 3. The number of anilines is 2.